The fourth-order valence-electron chi connectivity index (χ4n) is 13.1. The van der Waals surface area contributed by atoms with Gasteiger partial charge in [0.15, 0.2) is 0 Å². The van der Waals surface area contributed by atoms with Crippen molar-refractivity contribution in [3.63, 3.8) is 0 Å². The zero-order valence-electron chi connectivity index (χ0n) is 77.4. The Bertz CT molecular complexity index is 5000. The highest BCUT2D eigenvalue weighted by Gasteiger charge is 2.30. The van der Waals surface area contributed by atoms with Crippen LogP contribution in [-0.2, 0) is 150 Å². The van der Waals surface area contributed by atoms with Gasteiger partial charge in [0.25, 0.3) is 0 Å². The summed E-state index contributed by atoms with van der Waals surface area (Å²) >= 11 is 0. The summed E-state index contributed by atoms with van der Waals surface area (Å²) in [7, 11) is -14.7. The molecule has 134 heavy (non-hydrogen) atoms. The van der Waals surface area contributed by atoms with E-state index in [1.54, 1.807) is 139 Å². The number of hydrogen-bond donors (Lipinski definition) is 8. The molecule has 736 valence electrons. The largest absolute Gasteiger partial charge is 0.480 e. The molecule has 8 aromatic rings. The first-order chi connectivity index (χ1) is 64.4. The van der Waals surface area contributed by atoms with Crippen LogP contribution in [-0.4, -0.2) is 313 Å². The molecule has 8 heterocycles. The number of rotatable bonds is 28. The monoisotopic (exact) mass is 1940 g/mol. The average Bonchev–Trinajstić information content (AvgIpc) is 0.799. The van der Waals surface area contributed by atoms with Gasteiger partial charge >= 0.3 is 23.9 Å². The van der Waals surface area contributed by atoms with E-state index in [4.69, 9.17) is 59.6 Å². The van der Waals surface area contributed by atoms with Gasteiger partial charge in [0.1, 0.15) is 0 Å². The normalized spacial score (nSPS) is 15.9. The molecule has 0 radical (unpaired) electrons. The lowest BCUT2D eigenvalue weighted by Crippen LogP contribution is -2.37. The number of sulfonamides is 4. The summed E-state index contributed by atoms with van der Waals surface area (Å²) in [6.45, 7) is 26.4. The minimum absolute atomic E-state index is 0.0537. The number of pyridine rings is 4. The van der Waals surface area contributed by atoms with Crippen molar-refractivity contribution in [2.24, 2.45) is 11.5 Å². The highest BCUT2D eigenvalue weighted by molar-refractivity contribution is 7.90. The molecule has 0 aliphatic carbocycles. The van der Waals surface area contributed by atoms with Crippen LogP contribution in [0.4, 0.5) is 0 Å². The Morgan fingerprint density at radius 1 is 0.366 bits per heavy atom. The first-order valence-corrected chi connectivity index (χ1v) is 50.2. The van der Waals surface area contributed by atoms with E-state index in [-0.39, 0.29) is 123 Å². The Kier molecular flexibility index (Phi) is 50.6. The van der Waals surface area contributed by atoms with Crippen molar-refractivity contribution in [3.8, 4) is 0 Å². The van der Waals surface area contributed by atoms with Crippen LogP contribution in [0.25, 0.3) is 0 Å². The molecule has 0 saturated carbocycles. The maximum absolute atomic E-state index is 13.3. The van der Waals surface area contributed by atoms with Gasteiger partial charge in [-0.05, 0) is 139 Å². The van der Waals surface area contributed by atoms with E-state index in [9.17, 15) is 52.8 Å². The van der Waals surface area contributed by atoms with Crippen LogP contribution in [0.1, 0.15) is 81.7 Å². The van der Waals surface area contributed by atoms with Crippen molar-refractivity contribution < 1.29 is 101 Å². The average molecular weight is 1940 g/mol. The Morgan fingerprint density at radius 3 is 0.940 bits per heavy atom. The lowest BCUT2D eigenvalue weighted by molar-refractivity contribution is -0.145. The molecule has 10 N–H and O–H groups in total. The van der Waals surface area contributed by atoms with E-state index in [1.165, 1.54) is 8.61 Å². The van der Waals surface area contributed by atoms with E-state index in [0.29, 0.717) is 130 Å². The number of aliphatic carboxylic acids is 2. The number of carboxylic acid groups (broad SMARTS) is 2. The van der Waals surface area contributed by atoms with Crippen molar-refractivity contribution in [1.82, 2.24) is 68.2 Å². The molecule has 4 aliphatic rings. The SMILES string of the molecule is CCOC(=O)CN1CCOCCN(CC(=O)OCC)Cc2cccc(n2)C1.Cc1ccc(S(=O)(=O)N2CCOCCN(S(=O)(=O)c3ccc(C)cc3)Cc3cccc(n3)C2)cc1.Cc1ccc(S(=O)(=O)NCCOCCNS(=O)(=O)c2ccc(C)cc2)cc1.NCCOCCN.O=C(O)CN1CCOCCN(CC(=O)O)Cc2cccc(n2)C1.c1cc2nc(c1)CNCCOCCNC2. The van der Waals surface area contributed by atoms with E-state index in [2.05, 4.69) is 46.1 Å². The number of nitrogens with two attached hydrogens (primary N) is 2. The van der Waals surface area contributed by atoms with E-state index >= 15 is 0 Å². The summed E-state index contributed by atoms with van der Waals surface area (Å²) < 4.78 is 152. The summed E-state index contributed by atoms with van der Waals surface area (Å²) in [5.41, 5.74) is 20.6. The minimum Gasteiger partial charge on any atom is -0.480 e. The molecule has 0 saturated heterocycles. The number of ether oxygens (including phenoxy) is 8. The Hall–Kier alpha value is -9.56. The molecule has 4 aromatic heterocycles. The highest BCUT2D eigenvalue weighted by Crippen LogP contribution is 2.24. The molecule has 0 amide bonds. The minimum atomic E-state index is -3.76. The van der Waals surface area contributed by atoms with E-state index < -0.39 is 52.0 Å². The van der Waals surface area contributed by atoms with Gasteiger partial charge in [-0.15, -0.1) is 0 Å². The zero-order chi connectivity index (χ0) is 97.0. The maximum Gasteiger partial charge on any atom is 0.320 e. The molecular formula is C92H132N16O22S4. The molecule has 0 unspecified atom stereocenters. The number of fused-ring (bicyclic) bond motifs is 8. The fourth-order valence-corrected chi connectivity index (χ4v) is 17.9. The molecule has 0 fully saturated rings. The number of aryl methyl sites for hydroxylation is 4. The third kappa shape index (κ3) is 43.2. The Labute approximate surface area is 788 Å². The highest BCUT2D eigenvalue weighted by atomic mass is 32.2. The van der Waals surface area contributed by atoms with Gasteiger partial charge in [-0.2, -0.15) is 8.61 Å². The molecule has 42 heteroatoms. The molecule has 0 atom stereocenters. The van der Waals surface area contributed by atoms with Gasteiger partial charge in [-0.1, -0.05) is 95.1 Å². The van der Waals surface area contributed by atoms with Crippen molar-refractivity contribution in [1.29, 1.82) is 0 Å². The third-order valence-corrected chi connectivity index (χ3v) is 26.6. The van der Waals surface area contributed by atoms with Crippen LogP contribution in [0.5, 0.6) is 0 Å². The van der Waals surface area contributed by atoms with Crippen molar-refractivity contribution >= 4 is 64.0 Å². The van der Waals surface area contributed by atoms with E-state index in [1.807, 2.05) is 86.0 Å². The zero-order valence-corrected chi connectivity index (χ0v) is 80.6. The van der Waals surface area contributed by atoms with Crippen LogP contribution in [0, 0.1) is 27.7 Å². The predicted molar refractivity (Wildman–Crippen MR) is 503 cm³/mol. The molecule has 12 rings (SSSR count). The molecule has 8 bridgehead atoms. The van der Waals surface area contributed by atoms with Crippen molar-refractivity contribution in [2.75, 3.05) is 197 Å². The first kappa shape index (κ1) is 111. The summed E-state index contributed by atoms with van der Waals surface area (Å²) in [5.74, 6) is -2.27. The topological polar surface area (TPSA) is 490 Å². The number of aromatic nitrogens is 4. The summed E-state index contributed by atoms with van der Waals surface area (Å²) in [6, 6.07) is 49.3. The lowest BCUT2D eigenvalue weighted by atomic mass is 10.2. The Morgan fingerprint density at radius 2 is 0.634 bits per heavy atom. The first-order valence-electron chi connectivity index (χ1n) is 44.3. The number of hydrogen-bond acceptors (Lipinski definition) is 32. The number of carbonyl (C=O) groups excluding carboxylic acids is 2. The van der Waals surface area contributed by atoms with Gasteiger partial charge in [0.2, 0.25) is 40.1 Å². The number of benzene rings is 4. The molecule has 4 aliphatic heterocycles. The number of esters is 2. The van der Waals surface area contributed by atoms with Crippen LogP contribution >= 0.6 is 0 Å². The standard InChI is InChI=1S/C25H29N3O5S2.C19H29N3O5.C18H24N2O5S2.C15H21N3O5.C11H17N3O.C4H12N2O/c1-20-6-10-24(11-7-20)34(29,30)27-14-16-33-17-15-28(19-23-5-3-4-22(18-27)26-23)35(31,32)25-12-8-21(2)9-13-25;1-3-26-18(23)14-21-8-10-25-11-9-22(15-19(24)27-4-2)13-17-7-5-6-16(12-21)20-17;1-15-3-7-17(8-4-15)26(21,22)19-11-13-25-14-12-20-27(23,24)18-9-5-16(2)6-10-18;19-14(20)10-17-4-6-23-7-5-18(11-15(21)22)9-13-3-1-2-12(8-17)16-13;1-2-10-8-12-4-6-15-7-5-13-9-11(3-1)14-10;5-1-3-7-4-2-6/h3-13H,14-19H2,1-2H3;5-7H,3-4,8-15H2,1-2H3;3-10,19-20H,11-14H2,1-2H3;1-3H,4-11H2,(H,19,20)(H,21,22);1-3,12-13H,4-9H2;1-6H2. The van der Waals surface area contributed by atoms with Crippen molar-refractivity contribution in [3.05, 3.63) is 238 Å². The fraction of sp³-hybridized carbons (Fsp3) is 0.478. The maximum atomic E-state index is 13.3. The smallest absolute Gasteiger partial charge is 0.320 e. The second-order valence-corrected chi connectivity index (χ2v) is 38.5. The van der Waals surface area contributed by atoms with Gasteiger partial charge in [0.05, 0.1) is 197 Å². The lowest BCUT2D eigenvalue weighted by Gasteiger charge is -2.25. The van der Waals surface area contributed by atoms with Gasteiger partial charge in [0, 0.05) is 118 Å². The summed E-state index contributed by atoms with van der Waals surface area (Å²) in [6.07, 6.45) is 0. The van der Waals surface area contributed by atoms with Crippen LogP contribution in [0.3, 0.4) is 0 Å². The van der Waals surface area contributed by atoms with Gasteiger partial charge in [-0.3, -0.25) is 58.7 Å². The second kappa shape index (κ2) is 60.8. The van der Waals surface area contributed by atoms with Crippen LogP contribution in [0.15, 0.2) is 189 Å². The summed E-state index contributed by atoms with van der Waals surface area (Å²) in [5, 5.41) is 24.6. The van der Waals surface area contributed by atoms with Gasteiger partial charge in [-0.25, -0.2) is 43.1 Å². The molecular weight excluding hydrogens is 1810 g/mol. The number of carboxylic acids is 2. The second-order valence-electron chi connectivity index (χ2n) is 31.1. The number of nitrogens with one attached hydrogen (secondary N) is 4. The molecule has 38 nitrogen and oxygen atoms in total. The third-order valence-electron chi connectivity index (χ3n) is 19.9. The quantitative estimate of drug-likeness (QED) is 0.0245. The number of carbonyl (C=O) groups is 4. The molecule has 0 spiro atoms. The number of nitrogens with zero attached hydrogens (tertiary/aromatic N) is 10. The summed E-state index contributed by atoms with van der Waals surface area (Å²) in [4.78, 5) is 72.2. The Balaban J connectivity index is 0.000000228. The van der Waals surface area contributed by atoms with Crippen LogP contribution in [0.2, 0.25) is 0 Å². The predicted octanol–water partition coefficient (Wildman–Crippen LogP) is 4.63. The van der Waals surface area contributed by atoms with Crippen molar-refractivity contribution in [2.45, 2.75) is 113 Å². The van der Waals surface area contributed by atoms with Gasteiger partial charge < -0.3 is 70.2 Å². The van der Waals surface area contributed by atoms with Crippen LogP contribution < -0.4 is 31.5 Å². The van der Waals surface area contributed by atoms with E-state index in [0.717, 1.165) is 95.8 Å². The molecule has 4 aromatic carbocycles.